The third-order valence-electron chi connectivity index (χ3n) is 6.87. The smallest absolute Gasteiger partial charge is 0.126 e. The molecule has 2 fully saturated rings. The van der Waals surface area contributed by atoms with E-state index in [0.717, 1.165) is 30.7 Å². The molecule has 1 aromatic rings. The van der Waals surface area contributed by atoms with Gasteiger partial charge in [0.2, 0.25) is 0 Å². The number of benzene rings is 1. The molecule has 0 saturated heterocycles. The number of hydrogen-bond donors (Lipinski definition) is 0. The SMILES string of the molecule is CCCc1ccc(CCC2(C3CCCCC3)CCCCC2)cc1F. The van der Waals surface area contributed by atoms with Gasteiger partial charge in [-0.25, -0.2) is 4.39 Å². The van der Waals surface area contributed by atoms with Crippen LogP contribution in [0.25, 0.3) is 0 Å². The molecule has 2 saturated carbocycles. The molecular formula is C23H35F. The minimum Gasteiger partial charge on any atom is -0.207 e. The minimum atomic E-state index is 0.0183. The van der Waals surface area contributed by atoms with Crippen molar-refractivity contribution in [3.63, 3.8) is 0 Å². The monoisotopic (exact) mass is 330 g/mol. The van der Waals surface area contributed by atoms with Crippen LogP contribution in [0, 0.1) is 17.2 Å². The zero-order chi connectivity index (χ0) is 16.8. The first-order valence-electron chi connectivity index (χ1n) is 10.5. The summed E-state index contributed by atoms with van der Waals surface area (Å²) in [6.45, 7) is 2.12. The summed E-state index contributed by atoms with van der Waals surface area (Å²) in [7, 11) is 0. The molecule has 0 amide bonds. The Morgan fingerprint density at radius 2 is 1.67 bits per heavy atom. The largest absolute Gasteiger partial charge is 0.207 e. The van der Waals surface area contributed by atoms with Gasteiger partial charge in [-0.2, -0.15) is 0 Å². The first-order valence-corrected chi connectivity index (χ1v) is 10.5. The van der Waals surface area contributed by atoms with Crippen molar-refractivity contribution in [3.05, 3.63) is 35.1 Å². The van der Waals surface area contributed by atoms with Crippen molar-refractivity contribution < 1.29 is 4.39 Å². The molecule has 24 heavy (non-hydrogen) atoms. The third kappa shape index (κ3) is 4.21. The molecule has 3 rings (SSSR count). The topological polar surface area (TPSA) is 0 Å². The molecule has 0 unspecified atom stereocenters. The highest BCUT2D eigenvalue weighted by Gasteiger charge is 2.39. The van der Waals surface area contributed by atoms with E-state index in [1.165, 1.54) is 76.2 Å². The Morgan fingerprint density at radius 1 is 0.958 bits per heavy atom. The number of rotatable bonds is 6. The van der Waals surface area contributed by atoms with Crippen molar-refractivity contribution in [2.75, 3.05) is 0 Å². The van der Waals surface area contributed by atoms with Crippen molar-refractivity contribution in [1.29, 1.82) is 0 Å². The van der Waals surface area contributed by atoms with Gasteiger partial charge in [0.1, 0.15) is 5.82 Å². The molecule has 0 atom stereocenters. The fourth-order valence-electron chi connectivity index (χ4n) is 5.44. The van der Waals surface area contributed by atoms with Crippen LogP contribution in [0.15, 0.2) is 18.2 Å². The van der Waals surface area contributed by atoms with Crippen LogP contribution in [0.5, 0.6) is 0 Å². The van der Waals surface area contributed by atoms with Crippen molar-refractivity contribution in [2.24, 2.45) is 11.3 Å². The standard InChI is InChI=1S/C23H35F/c1-2-9-20-13-12-19(18-22(20)24)14-17-23(15-7-4-8-16-23)21-10-5-3-6-11-21/h12-13,18,21H,2-11,14-17H2,1H3. The van der Waals surface area contributed by atoms with Gasteiger partial charge in [-0.3, -0.25) is 0 Å². The fraction of sp³-hybridized carbons (Fsp3) is 0.739. The quantitative estimate of drug-likeness (QED) is 0.515. The van der Waals surface area contributed by atoms with E-state index < -0.39 is 0 Å². The summed E-state index contributed by atoms with van der Waals surface area (Å²) in [4.78, 5) is 0. The average Bonchev–Trinajstić information content (AvgIpc) is 2.64. The lowest BCUT2D eigenvalue weighted by molar-refractivity contribution is 0.0578. The molecule has 0 aromatic heterocycles. The van der Waals surface area contributed by atoms with Crippen LogP contribution >= 0.6 is 0 Å². The maximum Gasteiger partial charge on any atom is 0.126 e. The van der Waals surface area contributed by atoms with E-state index >= 15 is 0 Å². The van der Waals surface area contributed by atoms with Gasteiger partial charge in [-0.15, -0.1) is 0 Å². The van der Waals surface area contributed by atoms with Crippen LogP contribution in [0.3, 0.4) is 0 Å². The summed E-state index contributed by atoms with van der Waals surface area (Å²) in [5.41, 5.74) is 2.67. The molecule has 2 aliphatic rings. The molecule has 0 nitrogen and oxygen atoms in total. The summed E-state index contributed by atoms with van der Waals surface area (Å²) >= 11 is 0. The number of halogens is 1. The normalized spacial score (nSPS) is 21.8. The lowest BCUT2D eigenvalue weighted by Crippen LogP contribution is -2.35. The average molecular weight is 331 g/mol. The third-order valence-corrected chi connectivity index (χ3v) is 6.87. The Morgan fingerprint density at radius 3 is 2.33 bits per heavy atom. The van der Waals surface area contributed by atoms with Crippen LogP contribution in [0.2, 0.25) is 0 Å². The van der Waals surface area contributed by atoms with E-state index in [4.69, 9.17) is 0 Å². The first kappa shape index (κ1) is 18.0. The van der Waals surface area contributed by atoms with Gasteiger partial charge in [0, 0.05) is 0 Å². The van der Waals surface area contributed by atoms with Crippen LogP contribution in [0.4, 0.5) is 4.39 Å². The number of hydrogen-bond acceptors (Lipinski definition) is 0. The summed E-state index contributed by atoms with van der Waals surface area (Å²) in [5, 5.41) is 0. The predicted molar refractivity (Wildman–Crippen MR) is 101 cm³/mol. The van der Waals surface area contributed by atoms with E-state index in [1.807, 2.05) is 12.1 Å². The Balaban J connectivity index is 1.68. The molecule has 0 bridgehead atoms. The summed E-state index contributed by atoms with van der Waals surface area (Å²) in [6, 6.07) is 6.04. The van der Waals surface area contributed by atoms with Crippen molar-refractivity contribution in [3.8, 4) is 0 Å². The molecule has 1 heteroatoms. The maximum atomic E-state index is 14.3. The summed E-state index contributed by atoms with van der Waals surface area (Å²) in [5.74, 6) is 0.959. The zero-order valence-corrected chi connectivity index (χ0v) is 15.6. The Bertz CT molecular complexity index is 507. The molecule has 0 aliphatic heterocycles. The molecular weight excluding hydrogens is 295 g/mol. The Labute approximate surface area is 148 Å². The van der Waals surface area contributed by atoms with Gasteiger partial charge >= 0.3 is 0 Å². The minimum absolute atomic E-state index is 0.0183. The zero-order valence-electron chi connectivity index (χ0n) is 15.6. The van der Waals surface area contributed by atoms with Crippen molar-refractivity contribution >= 4 is 0 Å². The molecule has 0 N–H and O–H groups in total. The van der Waals surface area contributed by atoms with Crippen LogP contribution < -0.4 is 0 Å². The van der Waals surface area contributed by atoms with Gasteiger partial charge in [0.15, 0.2) is 0 Å². The van der Waals surface area contributed by atoms with Crippen LogP contribution in [-0.2, 0) is 12.8 Å². The molecule has 0 radical (unpaired) electrons. The van der Waals surface area contributed by atoms with E-state index in [9.17, 15) is 4.39 Å². The molecule has 0 spiro atoms. The highest BCUT2D eigenvalue weighted by Crippen LogP contribution is 2.51. The highest BCUT2D eigenvalue weighted by molar-refractivity contribution is 5.25. The molecule has 134 valence electrons. The van der Waals surface area contributed by atoms with E-state index in [-0.39, 0.29) is 5.82 Å². The second-order valence-corrected chi connectivity index (χ2v) is 8.43. The summed E-state index contributed by atoms with van der Waals surface area (Å²) in [6.07, 6.45) is 18.5. The van der Waals surface area contributed by atoms with Crippen molar-refractivity contribution in [2.45, 2.75) is 96.8 Å². The molecule has 1 aromatic carbocycles. The van der Waals surface area contributed by atoms with Gasteiger partial charge in [-0.1, -0.05) is 64.0 Å². The molecule has 0 heterocycles. The number of aryl methyl sites for hydroxylation is 2. The van der Waals surface area contributed by atoms with Crippen LogP contribution in [0.1, 0.15) is 95.1 Å². The summed E-state index contributed by atoms with van der Waals surface area (Å²) < 4.78 is 14.3. The van der Waals surface area contributed by atoms with E-state index in [2.05, 4.69) is 13.0 Å². The Kier molecular flexibility index (Phi) is 6.36. The van der Waals surface area contributed by atoms with Crippen molar-refractivity contribution in [1.82, 2.24) is 0 Å². The van der Waals surface area contributed by atoms with Gasteiger partial charge < -0.3 is 0 Å². The highest BCUT2D eigenvalue weighted by atomic mass is 19.1. The fourth-order valence-corrected chi connectivity index (χ4v) is 5.44. The lowest BCUT2D eigenvalue weighted by atomic mass is 9.59. The van der Waals surface area contributed by atoms with E-state index in [0.29, 0.717) is 5.41 Å². The Hall–Kier alpha value is -0.850. The van der Waals surface area contributed by atoms with Gasteiger partial charge in [0.25, 0.3) is 0 Å². The second kappa shape index (κ2) is 8.50. The van der Waals surface area contributed by atoms with Crippen LogP contribution in [-0.4, -0.2) is 0 Å². The second-order valence-electron chi connectivity index (χ2n) is 8.43. The lowest BCUT2D eigenvalue weighted by Gasteiger charge is -2.46. The van der Waals surface area contributed by atoms with E-state index in [1.54, 1.807) is 0 Å². The first-order chi connectivity index (χ1) is 11.7. The maximum absolute atomic E-state index is 14.3. The van der Waals surface area contributed by atoms with Gasteiger partial charge in [0.05, 0.1) is 0 Å². The predicted octanol–water partition coefficient (Wildman–Crippen LogP) is 7.24. The van der Waals surface area contributed by atoms with Gasteiger partial charge in [-0.05, 0) is 73.5 Å². The molecule has 2 aliphatic carbocycles.